The Kier molecular flexibility index (Phi) is 5.41. The average molecular weight is 406 g/mol. The number of thiophene rings is 1. The van der Waals surface area contributed by atoms with E-state index in [-0.39, 0.29) is 5.91 Å². The number of anilines is 1. The molecule has 140 valence electrons. The SMILES string of the molecule is Cc1ccc(NC(=O)CSc2ncnc3sc(-c4ccccc4)cc23)c(C)c1. The van der Waals surface area contributed by atoms with Crippen LogP contribution in [-0.2, 0) is 4.79 Å². The summed E-state index contributed by atoms with van der Waals surface area (Å²) in [5.41, 5.74) is 4.26. The highest BCUT2D eigenvalue weighted by molar-refractivity contribution is 8.00. The second-order valence-corrected chi connectivity index (χ2v) is 8.52. The Hall–Kier alpha value is -2.70. The zero-order chi connectivity index (χ0) is 19.5. The summed E-state index contributed by atoms with van der Waals surface area (Å²) in [5.74, 6) is 0.262. The molecule has 0 fully saturated rings. The largest absolute Gasteiger partial charge is 0.325 e. The molecule has 0 radical (unpaired) electrons. The van der Waals surface area contributed by atoms with Crippen LogP contribution < -0.4 is 5.32 Å². The molecule has 4 aromatic rings. The molecule has 0 saturated heterocycles. The third-order valence-electron chi connectivity index (χ3n) is 4.35. The lowest BCUT2D eigenvalue weighted by Gasteiger charge is -2.09. The molecule has 1 N–H and O–H groups in total. The molecule has 2 heterocycles. The molecule has 28 heavy (non-hydrogen) atoms. The van der Waals surface area contributed by atoms with Crippen molar-refractivity contribution in [3.8, 4) is 10.4 Å². The second kappa shape index (κ2) is 8.12. The van der Waals surface area contributed by atoms with Gasteiger partial charge >= 0.3 is 0 Å². The Morgan fingerprint density at radius 2 is 1.89 bits per heavy atom. The van der Waals surface area contributed by atoms with Crippen molar-refractivity contribution in [2.24, 2.45) is 0 Å². The van der Waals surface area contributed by atoms with Gasteiger partial charge in [0, 0.05) is 16.0 Å². The van der Waals surface area contributed by atoms with Gasteiger partial charge in [-0.15, -0.1) is 11.3 Å². The van der Waals surface area contributed by atoms with Gasteiger partial charge in [0.2, 0.25) is 5.91 Å². The van der Waals surface area contributed by atoms with Gasteiger partial charge < -0.3 is 5.32 Å². The van der Waals surface area contributed by atoms with Gasteiger partial charge in [-0.3, -0.25) is 4.79 Å². The van der Waals surface area contributed by atoms with Crippen molar-refractivity contribution < 1.29 is 4.79 Å². The van der Waals surface area contributed by atoms with Crippen LogP contribution in [0.25, 0.3) is 20.7 Å². The summed E-state index contributed by atoms with van der Waals surface area (Å²) >= 11 is 3.08. The number of hydrogen-bond donors (Lipinski definition) is 1. The topological polar surface area (TPSA) is 54.9 Å². The fourth-order valence-corrected chi connectivity index (χ4v) is 4.81. The van der Waals surface area contributed by atoms with Crippen molar-refractivity contribution >= 4 is 44.9 Å². The average Bonchev–Trinajstić information content (AvgIpc) is 3.14. The van der Waals surface area contributed by atoms with Crippen LogP contribution in [0.5, 0.6) is 0 Å². The monoisotopic (exact) mass is 405 g/mol. The zero-order valence-corrected chi connectivity index (χ0v) is 17.2. The first-order chi connectivity index (χ1) is 13.6. The van der Waals surface area contributed by atoms with Gasteiger partial charge in [-0.1, -0.05) is 59.8 Å². The van der Waals surface area contributed by atoms with E-state index < -0.39 is 0 Å². The smallest absolute Gasteiger partial charge is 0.234 e. The molecule has 6 heteroatoms. The molecule has 0 aliphatic carbocycles. The van der Waals surface area contributed by atoms with E-state index in [4.69, 9.17) is 0 Å². The van der Waals surface area contributed by atoms with Crippen LogP contribution in [0.3, 0.4) is 0 Å². The van der Waals surface area contributed by atoms with E-state index in [1.54, 1.807) is 17.7 Å². The van der Waals surface area contributed by atoms with Gasteiger partial charge in [-0.05, 0) is 37.1 Å². The first kappa shape index (κ1) is 18.7. The van der Waals surface area contributed by atoms with Crippen molar-refractivity contribution in [2.75, 3.05) is 11.1 Å². The second-order valence-electron chi connectivity index (χ2n) is 6.53. The maximum absolute atomic E-state index is 12.4. The van der Waals surface area contributed by atoms with Crippen LogP contribution in [0.2, 0.25) is 0 Å². The van der Waals surface area contributed by atoms with Crippen LogP contribution in [0.4, 0.5) is 5.69 Å². The fourth-order valence-electron chi connectivity index (χ4n) is 2.97. The number of benzene rings is 2. The fraction of sp³-hybridized carbons (Fsp3) is 0.136. The summed E-state index contributed by atoms with van der Waals surface area (Å²) in [6.07, 6.45) is 1.57. The molecule has 0 saturated carbocycles. The maximum atomic E-state index is 12.4. The summed E-state index contributed by atoms with van der Waals surface area (Å²) in [7, 11) is 0. The number of thioether (sulfide) groups is 1. The molecule has 1 amide bonds. The number of nitrogens with zero attached hydrogens (tertiary/aromatic N) is 2. The quantitative estimate of drug-likeness (QED) is 0.341. The lowest BCUT2D eigenvalue weighted by atomic mass is 10.1. The first-order valence-corrected chi connectivity index (χ1v) is 10.7. The number of aromatic nitrogens is 2. The minimum atomic E-state index is -0.0396. The van der Waals surface area contributed by atoms with Crippen LogP contribution in [0, 0.1) is 13.8 Å². The normalized spacial score (nSPS) is 10.9. The summed E-state index contributed by atoms with van der Waals surface area (Å²) in [6, 6.07) is 18.3. The summed E-state index contributed by atoms with van der Waals surface area (Å²) in [6.45, 7) is 4.04. The van der Waals surface area contributed by atoms with Gasteiger partial charge in [0.15, 0.2) is 0 Å². The van der Waals surface area contributed by atoms with Crippen LogP contribution >= 0.6 is 23.1 Å². The van der Waals surface area contributed by atoms with Gasteiger partial charge in [0.25, 0.3) is 0 Å². The van der Waals surface area contributed by atoms with Crippen LogP contribution in [0.15, 0.2) is 66.0 Å². The van der Waals surface area contributed by atoms with Crippen molar-refractivity contribution in [3.63, 3.8) is 0 Å². The Balaban J connectivity index is 1.50. The minimum Gasteiger partial charge on any atom is -0.325 e. The van der Waals surface area contributed by atoms with Gasteiger partial charge in [0.05, 0.1) is 5.75 Å². The highest BCUT2D eigenvalue weighted by Gasteiger charge is 2.12. The molecule has 0 aliphatic rings. The molecule has 0 aliphatic heterocycles. The molecule has 2 aromatic carbocycles. The minimum absolute atomic E-state index is 0.0396. The summed E-state index contributed by atoms with van der Waals surface area (Å²) in [4.78, 5) is 23.3. The van der Waals surface area contributed by atoms with Crippen molar-refractivity contribution in [3.05, 3.63) is 72.1 Å². The first-order valence-electron chi connectivity index (χ1n) is 8.90. The van der Waals surface area contributed by atoms with Gasteiger partial charge in [-0.2, -0.15) is 0 Å². The van der Waals surface area contributed by atoms with Crippen molar-refractivity contribution in [2.45, 2.75) is 18.9 Å². The number of fused-ring (bicyclic) bond motifs is 1. The van der Waals surface area contributed by atoms with E-state index in [1.807, 2.05) is 44.2 Å². The van der Waals surface area contributed by atoms with Crippen LogP contribution in [0.1, 0.15) is 11.1 Å². The molecule has 0 unspecified atom stereocenters. The molecule has 0 atom stereocenters. The Morgan fingerprint density at radius 3 is 2.68 bits per heavy atom. The van der Waals surface area contributed by atoms with E-state index in [0.717, 1.165) is 36.9 Å². The number of hydrogen-bond acceptors (Lipinski definition) is 5. The number of amides is 1. The molecule has 4 nitrogen and oxygen atoms in total. The number of aryl methyl sites for hydroxylation is 2. The Bertz CT molecular complexity index is 1140. The number of carbonyl (C=O) groups excluding carboxylic acids is 1. The Morgan fingerprint density at radius 1 is 1.07 bits per heavy atom. The van der Waals surface area contributed by atoms with Gasteiger partial charge in [0.1, 0.15) is 16.2 Å². The number of nitrogens with one attached hydrogen (secondary N) is 1. The third-order valence-corrected chi connectivity index (χ3v) is 6.44. The molecule has 4 rings (SSSR count). The van der Waals surface area contributed by atoms with E-state index in [0.29, 0.717) is 5.75 Å². The van der Waals surface area contributed by atoms with Crippen molar-refractivity contribution in [1.29, 1.82) is 0 Å². The summed E-state index contributed by atoms with van der Waals surface area (Å²) in [5, 5.41) is 4.81. The molecular formula is C22H19N3OS2. The van der Waals surface area contributed by atoms with E-state index in [2.05, 4.69) is 39.6 Å². The highest BCUT2D eigenvalue weighted by atomic mass is 32.2. The highest BCUT2D eigenvalue weighted by Crippen LogP contribution is 2.36. The van der Waals surface area contributed by atoms with Crippen molar-refractivity contribution in [1.82, 2.24) is 9.97 Å². The standard InChI is InChI=1S/C22H19N3OS2/c1-14-8-9-18(15(2)10-14)25-20(26)12-27-21-17-11-19(16-6-4-3-5-7-16)28-22(17)24-13-23-21/h3-11,13H,12H2,1-2H3,(H,25,26). The van der Waals surface area contributed by atoms with E-state index >= 15 is 0 Å². The number of carbonyl (C=O) groups is 1. The number of rotatable bonds is 5. The lowest BCUT2D eigenvalue weighted by molar-refractivity contribution is -0.113. The van der Waals surface area contributed by atoms with E-state index in [9.17, 15) is 4.79 Å². The van der Waals surface area contributed by atoms with Gasteiger partial charge in [-0.25, -0.2) is 9.97 Å². The molecular weight excluding hydrogens is 386 g/mol. The third kappa shape index (κ3) is 4.08. The predicted molar refractivity (Wildman–Crippen MR) is 118 cm³/mol. The van der Waals surface area contributed by atoms with E-state index in [1.165, 1.54) is 17.3 Å². The maximum Gasteiger partial charge on any atom is 0.234 e. The summed E-state index contributed by atoms with van der Waals surface area (Å²) < 4.78 is 0. The zero-order valence-electron chi connectivity index (χ0n) is 15.6. The predicted octanol–water partition coefficient (Wildman–Crippen LogP) is 5.71. The molecule has 2 aromatic heterocycles. The van der Waals surface area contributed by atoms with Crippen LogP contribution in [-0.4, -0.2) is 21.6 Å². The Labute approximate surface area is 172 Å². The molecule has 0 spiro atoms. The molecule has 0 bridgehead atoms. The lowest BCUT2D eigenvalue weighted by Crippen LogP contribution is -2.15.